The molecule has 0 amide bonds. The van der Waals surface area contributed by atoms with Crippen LogP contribution in [0.4, 0.5) is 0 Å². The fraction of sp³-hybridized carbons (Fsp3) is 0.500. The van der Waals surface area contributed by atoms with E-state index >= 15 is 0 Å². The predicted molar refractivity (Wildman–Crippen MR) is 81.2 cm³/mol. The zero-order valence-electron chi connectivity index (χ0n) is 11.3. The van der Waals surface area contributed by atoms with Crippen LogP contribution in [0, 0.1) is 0 Å². The fourth-order valence-corrected chi connectivity index (χ4v) is 3.53. The fourth-order valence-electron chi connectivity index (χ4n) is 2.20. The zero-order valence-corrected chi connectivity index (χ0v) is 13.7. The number of imidazole rings is 1. The summed E-state index contributed by atoms with van der Waals surface area (Å²) in [7, 11) is -3.11. The number of alkyl halides is 1. The molecule has 2 heterocycles. The molecule has 0 fully saturated rings. The summed E-state index contributed by atoms with van der Waals surface area (Å²) in [6.07, 6.45) is 2.72. The summed E-state index contributed by atoms with van der Waals surface area (Å²) in [5.41, 5.74) is 1.20. The Balaban J connectivity index is 2.62. The lowest BCUT2D eigenvalue weighted by molar-refractivity contribution is 0.553. The average Bonchev–Trinajstić information content (AvgIpc) is 2.64. The molecular formula is C12H15Cl2N3O2S. The highest BCUT2D eigenvalue weighted by Crippen LogP contribution is 2.28. The Bertz CT molecular complexity index is 740. The molecule has 2 unspecified atom stereocenters. The molecule has 0 saturated heterocycles. The summed E-state index contributed by atoms with van der Waals surface area (Å²) < 4.78 is 24.8. The van der Waals surface area contributed by atoms with E-state index in [1.165, 1.54) is 12.5 Å². The number of pyridine rings is 1. The minimum absolute atomic E-state index is 0.000620. The van der Waals surface area contributed by atoms with Crippen LogP contribution < -0.4 is 0 Å². The van der Waals surface area contributed by atoms with E-state index in [1.807, 2.05) is 0 Å². The van der Waals surface area contributed by atoms with E-state index in [0.29, 0.717) is 22.0 Å². The van der Waals surface area contributed by atoms with E-state index in [4.69, 9.17) is 23.2 Å². The summed E-state index contributed by atoms with van der Waals surface area (Å²) in [5.74, 6) is 0.590. The van der Waals surface area contributed by atoms with Gasteiger partial charge in [0.25, 0.3) is 0 Å². The van der Waals surface area contributed by atoms with Gasteiger partial charge < -0.3 is 4.57 Å². The first kappa shape index (κ1) is 15.5. The molecule has 2 aromatic heterocycles. The number of hydrogen-bond acceptors (Lipinski definition) is 4. The number of halogens is 2. The van der Waals surface area contributed by atoms with E-state index in [0.717, 1.165) is 0 Å². The van der Waals surface area contributed by atoms with E-state index in [9.17, 15) is 8.42 Å². The summed E-state index contributed by atoms with van der Waals surface area (Å²) in [6.45, 7) is 3.59. The molecule has 2 rings (SSSR count). The third-order valence-corrected chi connectivity index (χ3v) is 4.35. The molecule has 0 bridgehead atoms. The van der Waals surface area contributed by atoms with Gasteiger partial charge in [0, 0.05) is 18.5 Å². The number of aromatic nitrogens is 3. The number of sulfone groups is 1. The van der Waals surface area contributed by atoms with Gasteiger partial charge in [-0.05, 0) is 19.9 Å². The van der Waals surface area contributed by atoms with Gasteiger partial charge in [0.2, 0.25) is 0 Å². The largest absolute Gasteiger partial charge is 0.308 e. The second-order valence-corrected chi connectivity index (χ2v) is 8.17. The van der Waals surface area contributed by atoms with Crippen LogP contribution in [-0.4, -0.2) is 35.0 Å². The summed E-state index contributed by atoms with van der Waals surface area (Å²) in [4.78, 5) is 8.66. The van der Waals surface area contributed by atoms with Crippen molar-refractivity contribution in [2.75, 3.05) is 12.0 Å². The van der Waals surface area contributed by atoms with Crippen LogP contribution in [-0.2, 0) is 9.84 Å². The maximum Gasteiger partial charge on any atom is 0.160 e. The van der Waals surface area contributed by atoms with Crippen LogP contribution in [0.15, 0.2) is 12.3 Å². The van der Waals surface area contributed by atoms with Crippen LogP contribution in [0.1, 0.15) is 31.1 Å². The Morgan fingerprint density at radius 3 is 2.60 bits per heavy atom. The Labute approximate surface area is 127 Å². The quantitative estimate of drug-likeness (QED) is 0.805. The molecule has 0 aliphatic carbocycles. The molecule has 0 aromatic carbocycles. The van der Waals surface area contributed by atoms with Crippen molar-refractivity contribution >= 4 is 44.2 Å². The van der Waals surface area contributed by atoms with Crippen molar-refractivity contribution < 1.29 is 8.42 Å². The van der Waals surface area contributed by atoms with Gasteiger partial charge in [-0.1, -0.05) is 11.6 Å². The van der Waals surface area contributed by atoms with Crippen LogP contribution >= 0.6 is 23.2 Å². The standard InChI is InChI=1S/C12H15Cl2N3O2S/c1-7(6-20(3,18)19)17-11(8(2)13)16-10-4-9(14)5-15-12(10)17/h4-5,7-8H,6H2,1-3H3. The second kappa shape index (κ2) is 5.50. The Hall–Kier alpha value is -0.850. The van der Waals surface area contributed by atoms with Crippen molar-refractivity contribution in [2.24, 2.45) is 0 Å². The lowest BCUT2D eigenvalue weighted by Gasteiger charge is -2.17. The lowest BCUT2D eigenvalue weighted by atomic mass is 10.3. The van der Waals surface area contributed by atoms with E-state index in [2.05, 4.69) is 9.97 Å². The maximum absolute atomic E-state index is 11.5. The molecule has 0 saturated carbocycles. The summed E-state index contributed by atoms with van der Waals surface area (Å²) >= 11 is 12.0. The first-order valence-electron chi connectivity index (χ1n) is 6.04. The SMILES string of the molecule is CC(Cl)c1nc2cc(Cl)cnc2n1C(C)CS(C)(=O)=O. The van der Waals surface area contributed by atoms with Crippen molar-refractivity contribution in [3.05, 3.63) is 23.1 Å². The zero-order chi connectivity index (χ0) is 15.1. The summed E-state index contributed by atoms with van der Waals surface area (Å²) in [6, 6.07) is 1.39. The predicted octanol–water partition coefficient (Wildman–Crippen LogP) is 2.99. The molecule has 0 aliphatic heterocycles. The molecule has 0 spiro atoms. The van der Waals surface area contributed by atoms with Gasteiger partial charge in [-0.3, -0.25) is 0 Å². The van der Waals surface area contributed by atoms with Crippen LogP contribution in [0.3, 0.4) is 0 Å². The van der Waals surface area contributed by atoms with Crippen molar-refractivity contribution in [1.29, 1.82) is 0 Å². The molecule has 5 nitrogen and oxygen atoms in total. The van der Waals surface area contributed by atoms with Crippen molar-refractivity contribution in [1.82, 2.24) is 14.5 Å². The molecule has 8 heteroatoms. The van der Waals surface area contributed by atoms with Crippen molar-refractivity contribution in [3.63, 3.8) is 0 Å². The minimum Gasteiger partial charge on any atom is -0.308 e. The Kier molecular flexibility index (Phi) is 4.27. The highest BCUT2D eigenvalue weighted by atomic mass is 35.5. The van der Waals surface area contributed by atoms with E-state index < -0.39 is 9.84 Å². The van der Waals surface area contributed by atoms with Gasteiger partial charge in [0.05, 0.1) is 16.2 Å². The Morgan fingerprint density at radius 1 is 1.40 bits per heavy atom. The molecule has 110 valence electrons. The van der Waals surface area contributed by atoms with Gasteiger partial charge in [-0.2, -0.15) is 0 Å². The number of nitrogens with zero attached hydrogens (tertiary/aromatic N) is 3. The molecule has 20 heavy (non-hydrogen) atoms. The molecule has 0 radical (unpaired) electrons. The first-order valence-corrected chi connectivity index (χ1v) is 8.91. The average molecular weight is 336 g/mol. The van der Waals surface area contributed by atoms with Gasteiger partial charge in [0.1, 0.15) is 21.2 Å². The molecule has 0 aliphatic rings. The van der Waals surface area contributed by atoms with Gasteiger partial charge in [-0.25, -0.2) is 18.4 Å². The monoisotopic (exact) mass is 335 g/mol. The first-order chi connectivity index (χ1) is 9.19. The van der Waals surface area contributed by atoms with Gasteiger partial charge in [-0.15, -0.1) is 11.6 Å². The van der Waals surface area contributed by atoms with Gasteiger partial charge in [0.15, 0.2) is 5.65 Å². The topological polar surface area (TPSA) is 64.8 Å². The minimum atomic E-state index is -3.11. The van der Waals surface area contributed by atoms with Crippen LogP contribution in [0.5, 0.6) is 0 Å². The van der Waals surface area contributed by atoms with Crippen molar-refractivity contribution in [3.8, 4) is 0 Å². The molecule has 0 N–H and O–H groups in total. The summed E-state index contributed by atoms with van der Waals surface area (Å²) in [5, 5.41) is 0.122. The third-order valence-electron chi connectivity index (χ3n) is 2.86. The van der Waals surface area contributed by atoms with Crippen molar-refractivity contribution in [2.45, 2.75) is 25.3 Å². The molecule has 2 aromatic rings. The van der Waals surface area contributed by atoms with Gasteiger partial charge >= 0.3 is 0 Å². The highest BCUT2D eigenvalue weighted by Gasteiger charge is 2.22. The van der Waals surface area contributed by atoms with Crippen LogP contribution in [0.25, 0.3) is 11.2 Å². The normalized spacial score (nSPS) is 15.4. The molecule has 2 atom stereocenters. The lowest BCUT2D eigenvalue weighted by Crippen LogP contribution is -2.19. The third kappa shape index (κ3) is 3.24. The van der Waals surface area contributed by atoms with E-state index in [1.54, 1.807) is 24.5 Å². The smallest absolute Gasteiger partial charge is 0.160 e. The number of hydrogen-bond donors (Lipinski definition) is 0. The highest BCUT2D eigenvalue weighted by molar-refractivity contribution is 7.90. The van der Waals surface area contributed by atoms with E-state index in [-0.39, 0.29) is 17.2 Å². The number of rotatable bonds is 4. The Morgan fingerprint density at radius 2 is 2.05 bits per heavy atom. The van der Waals surface area contributed by atoms with Crippen LogP contribution in [0.2, 0.25) is 5.02 Å². The molecular weight excluding hydrogens is 321 g/mol. The number of fused-ring (bicyclic) bond motifs is 1. The maximum atomic E-state index is 11.5. The second-order valence-electron chi connectivity index (χ2n) is 4.89.